The average Bonchev–Trinajstić information content (AvgIpc) is 2.97. The first-order valence-corrected chi connectivity index (χ1v) is 6.77. The van der Waals surface area contributed by atoms with Gasteiger partial charge >= 0.3 is 5.97 Å². The molecule has 0 spiro atoms. The van der Waals surface area contributed by atoms with Gasteiger partial charge in [-0.3, -0.25) is 9.59 Å². The molecule has 0 saturated carbocycles. The Morgan fingerprint density at radius 1 is 1.26 bits per heavy atom. The van der Waals surface area contributed by atoms with Gasteiger partial charge in [0.1, 0.15) is 4.88 Å². The smallest absolute Gasteiger partial charge is 0.310 e. The maximum Gasteiger partial charge on any atom is 0.310 e. The summed E-state index contributed by atoms with van der Waals surface area (Å²) in [4.78, 5) is 25.3. The lowest BCUT2D eigenvalue weighted by atomic mass is 10.0. The van der Waals surface area contributed by atoms with Crippen LogP contribution in [0.3, 0.4) is 0 Å². The fourth-order valence-corrected chi connectivity index (χ4v) is 2.96. The van der Waals surface area contributed by atoms with Crippen molar-refractivity contribution in [1.82, 2.24) is 9.47 Å². The van der Waals surface area contributed by atoms with E-state index in [1.807, 2.05) is 40.5 Å². The van der Waals surface area contributed by atoms with Crippen LogP contribution in [-0.4, -0.2) is 39.5 Å². The van der Waals surface area contributed by atoms with Crippen molar-refractivity contribution in [3.8, 4) is 5.69 Å². The van der Waals surface area contributed by atoms with Crippen LogP contribution in [0.2, 0.25) is 0 Å². The van der Waals surface area contributed by atoms with Gasteiger partial charge in [-0.25, -0.2) is 0 Å². The average molecular weight is 276 g/mol. The maximum atomic E-state index is 12.3. The van der Waals surface area contributed by atoms with Gasteiger partial charge in [0.25, 0.3) is 5.91 Å². The minimum absolute atomic E-state index is 0.0869. The second-order valence-electron chi connectivity index (χ2n) is 4.47. The zero-order valence-electron chi connectivity index (χ0n) is 10.0. The molecule has 0 aromatic carbocycles. The third-order valence-corrected chi connectivity index (χ3v) is 4.13. The molecule has 98 valence electrons. The minimum Gasteiger partial charge on any atom is -0.481 e. The Labute approximate surface area is 113 Å². The van der Waals surface area contributed by atoms with Crippen LogP contribution in [0.5, 0.6) is 0 Å². The maximum absolute atomic E-state index is 12.3. The van der Waals surface area contributed by atoms with E-state index in [2.05, 4.69) is 0 Å². The van der Waals surface area contributed by atoms with E-state index < -0.39 is 11.9 Å². The van der Waals surface area contributed by atoms with Crippen molar-refractivity contribution in [1.29, 1.82) is 0 Å². The van der Waals surface area contributed by atoms with Gasteiger partial charge in [-0.1, -0.05) is 0 Å². The Bertz CT molecular complexity index is 612. The zero-order chi connectivity index (χ0) is 13.4. The molecule has 1 aliphatic heterocycles. The summed E-state index contributed by atoms with van der Waals surface area (Å²) in [5.74, 6) is -1.34. The number of nitrogens with zero attached hydrogens (tertiary/aromatic N) is 2. The number of likely N-dealkylation sites (tertiary alicyclic amines) is 1. The van der Waals surface area contributed by atoms with Crippen LogP contribution >= 0.6 is 11.3 Å². The highest BCUT2D eigenvalue weighted by Gasteiger charge is 2.37. The van der Waals surface area contributed by atoms with E-state index in [4.69, 9.17) is 5.11 Å². The number of hydrogen-bond acceptors (Lipinski definition) is 3. The number of carbonyl (C=O) groups is 2. The lowest BCUT2D eigenvalue weighted by Crippen LogP contribution is -2.53. The first kappa shape index (κ1) is 12.0. The third kappa shape index (κ3) is 2.04. The van der Waals surface area contributed by atoms with Crippen molar-refractivity contribution < 1.29 is 14.7 Å². The van der Waals surface area contributed by atoms with Crippen LogP contribution < -0.4 is 0 Å². The van der Waals surface area contributed by atoms with Gasteiger partial charge in [-0.2, -0.15) is 0 Å². The topological polar surface area (TPSA) is 62.5 Å². The zero-order valence-corrected chi connectivity index (χ0v) is 10.8. The van der Waals surface area contributed by atoms with Crippen LogP contribution in [0.25, 0.3) is 5.69 Å². The fraction of sp³-hybridized carbons (Fsp3) is 0.231. The summed E-state index contributed by atoms with van der Waals surface area (Å²) >= 11 is 1.38. The molecule has 3 rings (SSSR count). The van der Waals surface area contributed by atoms with Gasteiger partial charge in [0.2, 0.25) is 0 Å². The molecule has 0 unspecified atom stereocenters. The summed E-state index contributed by atoms with van der Waals surface area (Å²) in [6.07, 6.45) is 3.77. The number of thiophene rings is 1. The van der Waals surface area contributed by atoms with E-state index in [-0.39, 0.29) is 5.91 Å². The van der Waals surface area contributed by atoms with Crippen LogP contribution in [0.15, 0.2) is 36.0 Å². The molecule has 2 aromatic rings. The fourth-order valence-electron chi connectivity index (χ4n) is 2.11. The van der Waals surface area contributed by atoms with Crippen LogP contribution in [0, 0.1) is 5.92 Å². The Balaban J connectivity index is 1.79. The number of carbonyl (C=O) groups excluding carboxylic acids is 1. The molecule has 19 heavy (non-hydrogen) atoms. The monoisotopic (exact) mass is 276 g/mol. The normalized spacial score (nSPS) is 15.3. The molecule has 0 bridgehead atoms. The van der Waals surface area contributed by atoms with Crippen LogP contribution in [-0.2, 0) is 4.79 Å². The van der Waals surface area contributed by atoms with Gasteiger partial charge in [0.05, 0.1) is 11.6 Å². The predicted octanol–water partition coefficient (Wildman–Crippen LogP) is 1.70. The Morgan fingerprint density at radius 2 is 1.95 bits per heavy atom. The summed E-state index contributed by atoms with van der Waals surface area (Å²) in [5.41, 5.74) is 0.846. The molecule has 1 amide bonds. The van der Waals surface area contributed by atoms with E-state index in [1.165, 1.54) is 11.3 Å². The molecular weight excluding hydrogens is 264 g/mol. The molecule has 1 aliphatic rings. The van der Waals surface area contributed by atoms with Crippen molar-refractivity contribution in [2.24, 2.45) is 5.92 Å². The number of rotatable bonds is 3. The number of carboxylic acid groups (broad SMARTS) is 1. The SMILES string of the molecule is O=C(O)C1CN(C(=O)c2sccc2-n2cccc2)C1. The van der Waals surface area contributed by atoms with E-state index in [9.17, 15) is 9.59 Å². The Hall–Kier alpha value is -2.08. The highest BCUT2D eigenvalue weighted by atomic mass is 32.1. The molecular formula is C13H12N2O3S. The number of aliphatic carboxylic acids is 1. The van der Waals surface area contributed by atoms with E-state index in [1.54, 1.807) is 4.90 Å². The highest BCUT2D eigenvalue weighted by molar-refractivity contribution is 7.12. The summed E-state index contributed by atoms with van der Waals surface area (Å²) in [7, 11) is 0. The first-order valence-electron chi connectivity index (χ1n) is 5.89. The molecule has 1 N–H and O–H groups in total. The van der Waals surface area contributed by atoms with Crippen molar-refractivity contribution in [2.45, 2.75) is 0 Å². The number of hydrogen-bond donors (Lipinski definition) is 1. The molecule has 0 atom stereocenters. The number of aromatic nitrogens is 1. The summed E-state index contributed by atoms with van der Waals surface area (Å²) in [6, 6.07) is 5.69. The molecule has 3 heterocycles. The quantitative estimate of drug-likeness (QED) is 0.928. The lowest BCUT2D eigenvalue weighted by molar-refractivity contribution is -0.146. The largest absolute Gasteiger partial charge is 0.481 e. The predicted molar refractivity (Wildman–Crippen MR) is 70.7 cm³/mol. The van der Waals surface area contributed by atoms with Crippen LogP contribution in [0.4, 0.5) is 0 Å². The molecule has 1 saturated heterocycles. The molecule has 2 aromatic heterocycles. The van der Waals surface area contributed by atoms with Gasteiger partial charge in [0, 0.05) is 25.5 Å². The molecule has 5 nitrogen and oxygen atoms in total. The van der Waals surface area contributed by atoms with Gasteiger partial charge in [-0.05, 0) is 23.6 Å². The summed E-state index contributed by atoms with van der Waals surface area (Å²) in [5, 5.41) is 10.7. The van der Waals surface area contributed by atoms with Gasteiger partial charge in [0.15, 0.2) is 0 Å². The van der Waals surface area contributed by atoms with Crippen molar-refractivity contribution in [2.75, 3.05) is 13.1 Å². The van der Waals surface area contributed by atoms with Gasteiger partial charge < -0.3 is 14.6 Å². The summed E-state index contributed by atoms with van der Waals surface area (Å²) < 4.78 is 1.89. The molecule has 1 fully saturated rings. The molecule has 0 radical (unpaired) electrons. The van der Waals surface area contributed by atoms with Crippen LogP contribution in [0.1, 0.15) is 9.67 Å². The van der Waals surface area contributed by atoms with E-state index in [0.29, 0.717) is 18.0 Å². The highest BCUT2D eigenvalue weighted by Crippen LogP contribution is 2.26. The van der Waals surface area contributed by atoms with E-state index in [0.717, 1.165) is 5.69 Å². The second-order valence-corrected chi connectivity index (χ2v) is 5.39. The third-order valence-electron chi connectivity index (χ3n) is 3.24. The number of amides is 1. The van der Waals surface area contributed by atoms with Crippen molar-refractivity contribution in [3.63, 3.8) is 0 Å². The van der Waals surface area contributed by atoms with E-state index >= 15 is 0 Å². The molecule has 0 aliphatic carbocycles. The summed E-state index contributed by atoms with van der Waals surface area (Å²) in [6.45, 7) is 0.606. The standard InChI is InChI=1S/C13H12N2O3S/c16-12(15-7-9(8-15)13(17)18)11-10(3-6-19-11)14-4-1-2-5-14/h1-6,9H,7-8H2,(H,17,18). The van der Waals surface area contributed by atoms with Crippen molar-refractivity contribution in [3.05, 3.63) is 40.8 Å². The van der Waals surface area contributed by atoms with Crippen molar-refractivity contribution >= 4 is 23.2 Å². The Morgan fingerprint density at radius 3 is 2.58 bits per heavy atom. The molecule has 6 heteroatoms. The Kier molecular flexibility index (Phi) is 2.87. The lowest BCUT2D eigenvalue weighted by Gasteiger charge is -2.36. The minimum atomic E-state index is -0.833. The van der Waals surface area contributed by atoms with Gasteiger partial charge in [-0.15, -0.1) is 11.3 Å². The number of carboxylic acids is 1. The first-order chi connectivity index (χ1) is 9.16. The second kappa shape index (κ2) is 4.55.